The third kappa shape index (κ3) is 2.91. The zero-order chi connectivity index (χ0) is 14.8. The molecule has 0 saturated heterocycles. The number of nitrogens with zero attached hydrogens (tertiary/aromatic N) is 1. The molecule has 1 aliphatic rings. The van der Waals surface area contributed by atoms with E-state index < -0.39 is 0 Å². The van der Waals surface area contributed by atoms with Gasteiger partial charge in [0.2, 0.25) is 0 Å². The van der Waals surface area contributed by atoms with Crippen molar-refractivity contribution in [1.29, 1.82) is 0 Å². The van der Waals surface area contributed by atoms with Crippen molar-refractivity contribution >= 4 is 11.3 Å². The van der Waals surface area contributed by atoms with Crippen LogP contribution in [0.1, 0.15) is 44.0 Å². The van der Waals surface area contributed by atoms with E-state index in [0.29, 0.717) is 0 Å². The molecule has 2 rings (SSSR count). The lowest BCUT2D eigenvalue weighted by molar-refractivity contribution is -0.148. The van der Waals surface area contributed by atoms with E-state index in [0.717, 1.165) is 37.5 Å². The zero-order valence-corrected chi connectivity index (χ0v) is 13.8. The maximum atomic E-state index is 6.54. The first-order chi connectivity index (χ1) is 9.43. The number of nitrogens with two attached hydrogens (primary N) is 1. The molecule has 2 unspecified atom stereocenters. The molecule has 0 bridgehead atoms. The Morgan fingerprint density at radius 1 is 1.50 bits per heavy atom. The molecule has 0 aliphatic heterocycles. The molecule has 1 saturated carbocycles. The Kier molecular flexibility index (Phi) is 4.84. The van der Waals surface area contributed by atoms with Crippen molar-refractivity contribution in [3.63, 3.8) is 0 Å². The molecule has 20 heavy (non-hydrogen) atoms. The standard InChI is InChI=1S/C15H27N3OS/c1-5-11-8-18-13(20-11)9-17-10-15(16)7-12(19-6-2)14(15,3)4/h8,12,17H,5-7,9-10,16H2,1-4H3. The summed E-state index contributed by atoms with van der Waals surface area (Å²) in [7, 11) is 0. The van der Waals surface area contributed by atoms with Gasteiger partial charge < -0.3 is 15.8 Å². The first-order valence-corrected chi connectivity index (χ1v) is 8.29. The molecule has 1 aromatic rings. The van der Waals surface area contributed by atoms with E-state index in [2.05, 4.69) is 31.1 Å². The highest BCUT2D eigenvalue weighted by molar-refractivity contribution is 7.11. The predicted molar refractivity (Wildman–Crippen MR) is 83.9 cm³/mol. The van der Waals surface area contributed by atoms with Crippen LogP contribution in [0.25, 0.3) is 0 Å². The Bertz CT molecular complexity index is 446. The molecule has 4 nitrogen and oxygen atoms in total. The summed E-state index contributed by atoms with van der Waals surface area (Å²) < 4.78 is 5.75. The minimum atomic E-state index is -0.183. The van der Waals surface area contributed by atoms with E-state index >= 15 is 0 Å². The van der Waals surface area contributed by atoms with E-state index in [1.165, 1.54) is 4.88 Å². The van der Waals surface area contributed by atoms with Gasteiger partial charge in [0, 0.05) is 41.7 Å². The van der Waals surface area contributed by atoms with Crippen molar-refractivity contribution in [3.8, 4) is 0 Å². The number of hydrogen-bond acceptors (Lipinski definition) is 5. The van der Waals surface area contributed by atoms with Gasteiger partial charge in [0.15, 0.2) is 0 Å². The Hall–Kier alpha value is -0.490. The monoisotopic (exact) mass is 297 g/mol. The van der Waals surface area contributed by atoms with Gasteiger partial charge in [-0.15, -0.1) is 11.3 Å². The molecule has 1 aliphatic carbocycles. The quantitative estimate of drug-likeness (QED) is 0.811. The summed E-state index contributed by atoms with van der Waals surface area (Å²) in [5.74, 6) is 0. The summed E-state index contributed by atoms with van der Waals surface area (Å²) in [5, 5.41) is 4.61. The van der Waals surface area contributed by atoms with E-state index in [4.69, 9.17) is 10.5 Å². The molecule has 5 heteroatoms. The maximum Gasteiger partial charge on any atom is 0.107 e. The van der Waals surface area contributed by atoms with Crippen LogP contribution in [0.15, 0.2) is 6.20 Å². The number of aromatic nitrogens is 1. The summed E-state index contributed by atoms with van der Waals surface area (Å²) >= 11 is 1.78. The summed E-state index contributed by atoms with van der Waals surface area (Å²) in [6, 6.07) is 0. The summed E-state index contributed by atoms with van der Waals surface area (Å²) in [4.78, 5) is 5.76. The van der Waals surface area contributed by atoms with Gasteiger partial charge in [-0.05, 0) is 19.8 Å². The Balaban J connectivity index is 1.82. The normalized spacial score (nSPS) is 28.4. The number of thiazole rings is 1. The van der Waals surface area contributed by atoms with Crippen LogP contribution in [0, 0.1) is 5.41 Å². The van der Waals surface area contributed by atoms with E-state index in [1.807, 2.05) is 13.1 Å². The van der Waals surface area contributed by atoms with Crippen molar-refractivity contribution in [2.24, 2.45) is 11.1 Å². The van der Waals surface area contributed by atoms with Crippen molar-refractivity contribution in [2.45, 2.75) is 58.7 Å². The van der Waals surface area contributed by atoms with Gasteiger partial charge >= 0.3 is 0 Å². The van der Waals surface area contributed by atoms with Gasteiger partial charge in [-0.3, -0.25) is 0 Å². The summed E-state index contributed by atoms with van der Waals surface area (Å²) in [6.07, 6.45) is 4.24. The van der Waals surface area contributed by atoms with Gasteiger partial charge in [-0.1, -0.05) is 20.8 Å². The summed E-state index contributed by atoms with van der Waals surface area (Å²) in [6.45, 7) is 11.0. The molecule has 0 aromatic carbocycles. The van der Waals surface area contributed by atoms with Crippen LogP contribution in [0.4, 0.5) is 0 Å². The van der Waals surface area contributed by atoms with Crippen LogP contribution in [-0.2, 0) is 17.7 Å². The highest BCUT2D eigenvalue weighted by Crippen LogP contribution is 2.49. The SMILES string of the molecule is CCOC1CC(N)(CNCc2ncc(CC)s2)C1(C)C. The Labute approximate surface area is 126 Å². The number of aryl methyl sites for hydroxylation is 1. The van der Waals surface area contributed by atoms with Crippen LogP contribution in [0.3, 0.4) is 0 Å². The lowest BCUT2D eigenvalue weighted by Gasteiger charge is -2.59. The molecule has 0 amide bonds. The molecular formula is C15H27N3OS. The lowest BCUT2D eigenvalue weighted by Crippen LogP contribution is -2.73. The minimum Gasteiger partial charge on any atom is -0.378 e. The zero-order valence-electron chi connectivity index (χ0n) is 13.0. The molecule has 0 radical (unpaired) electrons. The van der Waals surface area contributed by atoms with Crippen molar-refractivity contribution in [1.82, 2.24) is 10.3 Å². The second kappa shape index (κ2) is 6.10. The lowest BCUT2D eigenvalue weighted by atomic mass is 9.54. The molecule has 114 valence electrons. The molecular weight excluding hydrogens is 270 g/mol. The molecule has 1 heterocycles. The fourth-order valence-electron chi connectivity index (χ4n) is 2.79. The summed E-state index contributed by atoms with van der Waals surface area (Å²) in [5.41, 5.74) is 6.38. The minimum absolute atomic E-state index is 0.0213. The number of rotatable bonds is 7. The highest BCUT2D eigenvalue weighted by Gasteiger charge is 2.58. The maximum absolute atomic E-state index is 6.54. The van der Waals surface area contributed by atoms with Gasteiger partial charge in [-0.2, -0.15) is 0 Å². The third-order valence-electron chi connectivity index (χ3n) is 4.67. The molecule has 3 N–H and O–H groups in total. The first-order valence-electron chi connectivity index (χ1n) is 7.47. The second-order valence-electron chi connectivity index (χ2n) is 6.20. The fraction of sp³-hybridized carbons (Fsp3) is 0.800. The predicted octanol–water partition coefficient (Wildman–Crippen LogP) is 2.33. The van der Waals surface area contributed by atoms with Crippen LogP contribution >= 0.6 is 11.3 Å². The van der Waals surface area contributed by atoms with Crippen LogP contribution in [0.5, 0.6) is 0 Å². The van der Waals surface area contributed by atoms with Crippen molar-refractivity contribution in [2.75, 3.05) is 13.2 Å². The number of nitrogens with one attached hydrogen (secondary N) is 1. The first kappa shape index (κ1) is 15.9. The van der Waals surface area contributed by atoms with E-state index in [9.17, 15) is 0 Å². The molecule has 2 atom stereocenters. The van der Waals surface area contributed by atoms with Crippen LogP contribution < -0.4 is 11.1 Å². The topological polar surface area (TPSA) is 60.2 Å². The largest absolute Gasteiger partial charge is 0.378 e. The highest BCUT2D eigenvalue weighted by atomic mass is 32.1. The Morgan fingerprint density at radius 3 is 2.80 bits per heavy atom. The van der Waals surface area contributed by atoms with Crippen LogP contribution in [-0.4, -0.2) is 29.8 Å². The van der Waals surface area contributed by atoms with Crippen molar-refractivity contribution in [3.05, 3.63) is 16.1 Å². The van der Waals surface area contributed by atoms with E-state index in [1.54, 1.807) is 11.3 Å². The average molecular weight is 297 g/mol. The smallest absolute Gasteiger partial charge is 0.107 e. The third-order valence-corrected chi connectivity index (χ3v) is 5.81. The molecule has 0 spiro atoms. The Morgan fingerprint density at radius 2 is 2.25 bits per heavy atom. The van der Waals surface area contributed by atoms with Gasteiger partial charge in [0.05, 0.1) is 6.10 Å². The van der Waals surface area contributed by atoms with Gasteiger partial charge in [-0.25, -0.2) is 4.98 Å². The number of ether oxygens (including phenoxy) is 1. The number of hydrogen-bond donors (Lipinski definition) is 2. The average Bonchev–Trinajstić information content (AvgIpc) is 2.86. The van der Waals surface area contributed by atoms with E-state index in [-0.39, 0.29) is 17.1 Å². The van der Waals surface area contributed by atoms with Crippen LogP contribution in [0.2, 0.25) is 0 Å². The fourth-order valence-corrected chi connectivity index (χ4v) is 3.62. The molecule has 1 aromatic heterocycles. The van der Waals surface area contributed by atoms with Gasteiger partial charge in [0.1, 0.15) is 5.01 Å². The molecule has 1 fully saturated rings. The second-order valence-corrected chi connectivity index (χ2v) is 7.40. The van der Waals surface area contributed by atoms with Crippen molar-refractivity contribution < 1.29 is 4.74 Å². The van der Waals surface area contributed by atoms with Gasteiger partial charge in [0.25, 0.3) is 0 Å².